The number of aliphatic hydroxyl groups is 1. The van der Waals surface area contributed by atoms with Gasteiger partial charge in [-0.15, -0.1) is 0 Å². The van der Waals surface area contributed by atoms with Crippen molar-refractivity contribution in [1.29, 1.82) is 0 Å². The molecular weight excluding hydrogens is 258 g/mol. The maximum atomic E-state index is 12.2. The number of carbonyl (C=O) groups excluding carboxylic acids is 1. The SMILES string of the molecule is COc1cc(C(=O)NC(C)CC(C)O)cc(OC)c1C. The molecule has 0 fully saturated rings. The van der Waals surface area contributed by atoms with E-state index in [1.807, 2.05) is 13.8 Å². The molecule has 2 N–H and O–H groups in total. The van der Waals surface area contributed by atoms with Crippen LogP contribution in [0.25, 0.3) is 0 Å². The van der Waals surface area contributed by atoms with Crippen LogP contribution in [0.1, 0.15) is 36.2 Å². The van der Waals surface area contributed by atoms with Crippen molar-refractivity contribution in [2.75, 3.05) is 14.2 Å². The van der Waals surface area contributed by atoms with Gasteiger partial charge in [-0.2, -0.15) is 0 Å². The summed E-state index contributed by atoms with van der Waals surface area (Å²) in [7, 11) is 3.11. The second-order valence-corrected chi connectivity index (χ2v) is 4.96. The first-order valence-corrected chi connectivity index (χ1v) is 6.60. The average Bonchev–Trinajstić information content (AvgIpc) is 2.37. The fourth-order valence-corrected chi connectivity index (χ4v) is 2.09. The molecule has 1 amide bonds. The van der Waals surface area contributed by atoms with Crippen molar-refractivity contribution in [1.82, 2.24) is 5.32 Å². The Morgan fingerprint density at radius 2 is 1.75 bits per heavy atom. The Morgan fingerprint density at radius 3 is 2.15 bits per heavy atom. The normalized spacial score (nSPS) is 13.5. The van der Waals surface area contributed by atoms with E-state index in [1.165, 1.54) is 0 Å². The van der Waals surface area contributed by atoms with Gasteiger partial charge in [0.2, 0.25) is 0 Å². The van der Waals surface area contributed by atoms with Gasteiger partial charge in [0.15, 0.2) is 0 Å². The van der Waals surface area contributed by atoms with E-state index >= 15 is 0 Å². The molecule has 112 valence electrons. The second kappa shape index (κ2) is 7.14. The summed E-state index contributed by atoms with van der Waals surface area (Å²) in [5.41, 5.74) is 1.32. The molecule has 0 aliphatic heterocycles. The fraction of sp³-hybridized carbons (Fsp3) is 0.533. The van der Waals surface area contributed by atoms with E-state index in [0.717, 1.165) is 5.56 Å². The molecule has 0 saturated heterocycles. The van der Waals surface area contributed by atoms with Gasteiger partial charge >= 0.3 is 0 Å². The Kier molecular flexibility index (Phi) is 5.82. The molecule has 5 nitrogen and oxygen atoms in total. The monoisotopic (exact) mass is 281 g/mol. The molecule has 0 aromatic heterocycles. The zero-order valence-corrected chi connectivity index (χ0v) is 12.7. The lowest BCUT2D eigenvalue weighted by atomic mass is 10.1. The van der Waals surface area contributed by atoms with Gasteiger partial charge in [0.05, 0.1) is 20.3 Å². The van der Waals surface area contributed by atoms with Crippen LogP contribution in [-0.4, -0.2) is 37.4 Å². The number of rotatable bonds is 6. The van der Waals surface area contributed by atoms with Crippen LogP contribution < -0.4 is 14.8 Å². The molecule has 1 aromatic rings. The van der Waals surface area contributed by atoms with E-state index < -0.39 is 6.10 Å². The molecule has 0 heterocycles. The van der Waals surface area contributed by atoms with Crippen LogP contribution in [0.2, 0.25) is 0 Å². The molecule has 0 bridgehead atoms. The highest BCUT2D eigenvalue weighted by atomic mass is 16.5. The number of amides is 1. The standard InChI is InChI=1S/C15H23NO4/c1-9(6-10(2)17)16-15(18)12-7-13(19-4)11(3)14(8-12)20-5/h7-10,17H,6H2,1-5H3,(H,16,18). The largest absolute Gasteiger partial charge is 0.496 e. The maximum Gasteiger partial charge on any atom is 0.251 e. The van der Waals surface area contributed by atoms with Crippen molar-refractivity contribution in [2.45, 2.75) is 39.3 Å². The third kappa shape index (κ3) is 4.13. The summed E-state index contributed by atoms with van der Waals surface area (Å²) >= 11 is 0. The molecule has 5 heteroatoms. The minimum absolute atomic E-state index is 0.110. The first kappa shape index (κ1) is 16.3. The summed E-state index contributed by atoms with van der Waals surface area (Å²) in [6.45, 7) is 5.42. The predicted molar refractivity (Wildman–Crippen MR) is 77.5 cm³/mol. The van der Waals surface area contributed by atoms with Gasteiger partial charge in [0, 0.05) is 17.2 Å². The van der Waals surface area contributed by atoms with Crippen molar-refractivity contribution < 1.29 is 19.4 Å². The summed E-state index contributed by atoms with van der Waals surface area (Å²) in [5.74, 6) is 1.00. The lowest BCUT2D eigenvalue weighted by Gasteiger charge is -2.17. The molecule has 1 aromatic carbocycles. The van der Waals surface area contributed by atoms with Crippen LogP contribution in [0.4, 0.5) is 0 Å². The highest BCUT2D eigenvalue weighted by Gasteiger charge is 2.16. The van der Waals surface area contributed by atoms with Gasteiger partial charge in [0.25, 0.3) is 5.91 Å². The summed E-state index contributed by atoms with van der Waals surface area (Å²) in [5, 5.41) is 12.2. The minimum atomic E-state index is -0.451. The number of hydrogen-bond donors (Lipinski definition) is 2. The third-order valence-electron chi connectivity index (χ3n) is 3.09. The molecule has 0 aliphatic carbocycles. The molecule has 0 saturated carbocycles. The first-order chi connectivity index (χ1) is 9.38. The zero-order valence-electron chi connectivity index (χ0n) is 12.7. The third-order valence-corrected chi connectivity index (χ3v) is 3.09. The van der Waals surface area contributed by atoms with E-state index in [-0.39, 0.29) is 11.9 Å². The zero-order chi connectivity index (χ0) is 15.3. The topological polar surface area (TPSA) is 67.8 Å². The maximum absolute atomic E-state index is 12.2. The van der Waals surface area contributed by atoms with Crippen LogP contribution in [0.3, 0.4) is 0 Å². The number of carbonyl (C=O) groups is 1. The molecule has 2 unspecified atom stereocenters. The van der Waals surface area contributed by atoms with Crippen molar-refractivity contribution in [3.63, 3.8) is 0 Å². The van der Waals surface area contributed by atoms with Gasteiger partial charge in [-0.05, 0) is 39.3 Å². The van der Waals surface area contributed by atoms with Gasteiger partial charge in [-0.25, -0.2) is 0 Å². The van der Waals surface area contributed by atoms with E-state index in [0.29, 0.717) is 23.5 Å². The number of nitrogens with one attached hydrogen (secondary N) is 1. The Balaban J connectivity index is 2.93. The van der Waals surface area contributed by atoms with Gasteiger partial charge in [-0.1, -0.05) is 0 Å². The van der Waals surface area contributed by atoms with Crippen LogP contribution in [0, 0.1) is 6.92 Å². The van der Waals surface area contributed by atoms with Crippen LogP contribution >= 0.6 is 0 Å². The lowest BCUT2D eigenvalue weighted by molar-refractivity contribution is 0.0922. The molecule has 0 radical (unpaired) electrons. The Bertz CT molecular complexity index is 446. The number of benzene rings is 1. The molecule has 2 atom stereocenters. The number of hydrogen-bond acceptors (Lipinski definition) is 4. The van der Waals surface area contributed by atoms with Crippen LogP contribution in [0.15, 0.2) is 12.1 Å². The Hall–Kier alpha value is -1.75. The number of aliphatic hydroxyl groups excluding tert-OH is 1. The van der Waals surface area contributed by atoms with Crippen molar-refractivity contribution in [2.24, 2.45) is 0 Å². The quantitative estimate of drug-likeness (QED) is 0.835. The molecule has 20 heavy (non-hydrogen) atoms. The second-order valence-electron chi connectivity index (χ2n) is 4.96. The first-order valence-electron chi connectivity index (χ1n) is 6.60. The van der Waals surface area contributed by atoms with Crippen LogP contribution in [-0.2, 0) is 0 Å². The van der Waals surface area contributed by atoms with E-state index in [9.17, 15) is 9.90 Å². The molecular formula is C15H23NO4. The number of ether oxygens (including phenoxy) is 2. The Morgan fingerprint density at radius 1 is 1.25 bits per heavy atom. The predicted octanol–water partition coefficient (Wildman–Crippen LogP) is 1.90. The summed E-state index contributed by atoms with van der Waals surface area (Å²) in [6, 6.07) is 3.26. The van der Waals surface area contributed by atoms with Gasteiger partial charge in [-0.3, -0.25) is 4.79 Å². The summed E-state index contributed by atoms with van der Waals surface area (Å²) in [4.78, 5) is 12.2. The van der Waals surface area contributed by atoms with Crippen molar-refractivity contribution in [3.8, 4) is 11.5 Å². The lowest BCUT2D eigenvalue weighted by Crippen LogP contribution is -2.34. The Labute approximate surface area is 119 Å². The summed E-state index contributed by atoms with van der Waals surface area (Å²) in [6.07, 6.45) is 0.0543. The molecule has 1 rings (SSSR count). The van der Waals surface area contributed by atoms with Gasteiger partial charge in [0.1, 0.15) is 11.5 Å². The smallest absolute Gasteiger partial charge is 0.251 e. The number of methoxy groups -OCH3 is 2. The van der Waals surface area contributed by atoms with E-state index in [1.54, 1.807) is 33.3 Å². The van der Waals surface area contributed by atoms with E-state index in [2.05, 4.69) is 5.32 Å². The van der Waals surface area contributed by atoms with Crippen LogP contribution in [0.5, 0.6) is 11.5 Å². The van der Waals surface area contributed by atoms with E-state index in [4.69, 9.17) is 9.47 Å². The van der Waals surface area contributed by atoms with Gasteiger partial charge < -0.3 is 19.9 Å². The summed E-state index contributed by atoms with van der Waals surface area (Å²) < 4.78 is 10.5. The highest BCUT2D eigenvalue weighted by molar-refractivity contribution is 5.95. The van der Waals surface area contributed by atoms with Crippen molar-refractivity contribution in [3.05, 3.63) is 23.3 Å². The minimum Gasteiger partial charge on any atom is -0.496 e. The molecule has 0 spiro atoms. The average molecular weight is 281 g/mol. The highest BCUT2D eigenvalue weighted by Crippen LogP contribution is 2.29. The molecule has 0 aliphatic rings. The van der Waals surface area contributed by atoms with Crippen molar-refractivity contribution >= 4 is 5.91 Å². The fourth-order valence-electron chi connectivity index (χ4n) is 2.09.